The minimum Gasteiger partial charge on any atom is -0.508 e. The van der Waals surface area contributed by atoms with E-state index in [1.54, 1.807) is 0 Å². The van der Waals surface area contributed by atoms with Gasteiger partial charge in [-0.3, -0.25) is 4.79 Å². The van der Waals surface area contributed by atoms with Crippen LogP contribution < -0.4 is 27.8 Å². The molecule has 0 spiro atoms. The van der Waals surface area contributed by atoms with Crippen molar-refractivity contribution >= 4 is 17.9 Å². The number of carbonyl (C=O) groups is 3. The van der Waals surface area contributed by atoms with Gasteiger partial charge in [-0.2, -0.15) is 4.98 Å². The van der Waals surface area contributed by atoms with E-state index in [-0.39, 0.29) is 49.6 Å². The van der Waals surface area contributed by atoms with Crippen LogP contribution in [0.25, 0.3) is 0 Å². The second-order valence-electron chi connectivity index (χ2n) is 7.68. The van der Waals surface area contributed by atoms with Crippen LogP contribution in [0, 0.1) is 0 Å². The van der Waals surface area contributed by atoms with Crippen LogP contribution in [0.1, 0.15) is 55.0 Å². The van der Waals surface area contributed by atoms with Gasteiger partial charge in [0.25, 0.3) is 0 Å². The molecule has 1 aromatic heterocycles. The normalized spacial score (nSPS) is 14.6. The van der Waals surface area contributed by atoms with Gasteiger partial charge in [0.15, 0.2) is 5.82 Å². The SMILES string of the molecule is NC(=O)CC[C@H](NC(=O)N[C@@H](Cc1ccc(O)cc1)C(=O)O)c1nc([C@@H](N)CCC(N)O)no1. The molecule has 0 saturated carbocycles. The number of hydrogen-bond donors (Lipinski definition) is 8. The van der Waals surface area contributed by atoms with Crippen molar-refractivity contribution < 1.29 is 34.2 Å². The van der Waals surface area contributed by atoms with Gasteiger partial charge in [-0.25, -0.2) is 9.59 Å². The summed E-state index contributed by atoms with van der Waals surface area (Å²) in [6.45, 7) is 0. The first-order valence-electron chi connectivity index (χ1n) is 10.4. The van der Waals surface area contributed by atoms with Crippen molar-refractivity contribution in [1.82, 2.24) is 20.8 Å². The summed E-state index contributed by atoms with van der Waals surface area (Å²) in [6.07, 6.45) is -0.722. The molecule has 186 valence electrons. The summed E-state index contributed by atoms with van der Waals surface area (Å²) in [4.78, 5) is 39.6. The number of hydrogen-bond acceptors (Lipinski definition) is 10. The number of phenols is 1. The van der Waals surface area contributed by atoms with Gasteiger partial charge < -0.3 is 47.7 Å². The van der Waals surface area contributed by atoms with Crippen molar-refractivity contribution in [2.75, 3.05) is 0 Å². The number of nitrogens with one attached hydrogen (secondary N) is 2. The molecule has 2 rings (SSSR count). The lowest BCUT2D eigenvalue weighted by molar-refractivity contribution is -0.139. The molecule has 0 radical (unpaired) electrons. The lowest BCUT2D eigenvalue weighted by Crippen LogP contribution is -2.48. The summed E-state index contributed by atoms with van der Waals surface area (Å²) in [5.74, 6) is -1.82. The summed E-state index contributed by atoms with van der Waals surface area (Å²) in [7, 11) is 0. The van der Waals surface area contributed by atoms with Crippen LogP contribution in [0.3, 0.4) is 0 Å². The number of aliphatic hydroxyl groups excluding tert-OH is 1. The molecule has 0 fully saturated rings. The van der Waals surface area contributed by atoms with Crippen molar-refractivity contribution in [2.45, 2.75) is 56.5 Å². The number of aromatic hydroxyl groups is 1. The Bertz CT molecular complexity index is 964. The average molecular weight is 479 g/mol. The maximum absolute atomic E-state index is 12.6. The first-order chi connectivity index (χ1) is 16.0. The second-order valence-corrected chi connectivity index (χ2v) is 7.68. The predicted octanol–water partition coefficient (Wildman–Crippen LogP) is -0.866. The Morgan fingerprint density at radius 3 is 2.32 bits per heavy atom. The Kier molecular flexibility index (Phi) is 9.73. The number of primary amides is 1. The average Bonchev–Trinajstić information content (AvgIpc) is 3.26. The number of benzene rings is 1. The number of carbonyl (C=O) groups excluding carboxylic acids is 2. The Balaban J connectivity index is 2.08. The number of rotatable bonds is 13. The van der Waals surface area contributed by atoms with E-state index in [1.165, 1.54) is 24.3 Å². The Hall–Kier alpha value is -3.75. The fourth-order valence-electron chi connectivity index (χ4n) is 2.99. The highest BCUT2D eigenvalue weighted by Crippen LogP contribution is 2.20. The van der Waals surface area contributed by atoms with Crippen molar-refractivity contribution in [3.63, 3.8) is 0 Å². The van der Waals surface area contributed by atoms with Crippen molar-refractivity contribution in [2.24, 2.45) is 17.2 Å². The number of amides is 3. The highest BCUT2D eigenvalue weighted by Gasteiger charge is 2.26. The number of aliphatic carboxylic acids is 1. The maximum atomic E-state index is 12.6. The molecule has 4 atom stereocenters. The molecule has 0 aliphatic heterocycles. The van der Waals surface area contributed by atoms with Crippen molar-refractivity contribution in [3.8, 4) is 5.75 Å². The lowest BCUT2D eigenvalue weighted by atomic mass is 10.1. The summed E-state index contributed by atoms with van der Waals surface area (Å²) in [5, 5.41) is 36.7. The second kappa shape index (κ2) is 12.5. The molecule has 1 heterocycles. The zero-order valence-electron chi connectivity index (χ0n) is 18.3. The number of carboxylic acids is 1. The molecule has 1 unspecified atom stereocenters. The first kappa shape index (κ1) is 26.5. The molecule has 14 heteroatoms. The molecule has 14 nitrogen and oxygen atoms in total. The van der Waals surface area contributed by atoms with Gasteiger partial charge in [-0.05, 0) is 37.0 Å². The van der Waals surface area contributed by atoms with Crippen LogP contribution in [0.4, 0.5) is 4.79 Å². The maximum Gasteiger partial charge on any atom is 0.326 e. The molecule has 11 N–H and O–H groups in total. The third-order valence-electron chi connectivity index (χ3n) is 4.82. The number of carboxylic acid groups (broad SMARTS) is 1. The minimum atomic E-state index is -1.28. The van der Waals surface area contributed by atoms with Crippen molar-refractivity contribution in [3.05, 3.63) is 41.5 Å². The van der Waals surface area contributed by atoms with Crippen LogP contribution in [0.2, 0.25) is 0 Å². The van der Waals surface area contributed by atoms with Gasteiger partial charge in [0, 0.05) is 12.8 Å². The number of aliphatic hydroxyl groups is 1. The van der Waals surface area contributed by atoms with Gasteiger partial charge in [0.2, 0.25) is 11.8 Å². The van der Waals surface area contributed by atoms with Crippen molar-refractivity contribution in [1.29, 1.82) is 0 Å². The number of urea groups is 1. The third-order valence-corrected chi connectivity index (χ3v) is 4.82. The van der Waals surface area contributed by atoms with E-state index in [4.69, 9.17) is 21.7 Å². The largest absolute Gasteiger partial charge is 0.508 e. The van der Waals surface area contributed by atoms with Gasteiger partial charge >= 0.3 is 12.0 Å². The predicted molar refractivity (Wildman–Crippen MR) is 117 cm³/mol. The van der Waals surface area contributed by atoms with Crippen LogP contribution in [0.5, 0.6) is 5.75 Å². The zero-order chi connectivity index (χ0) is 25.3. The smallest absolute Gasteiger partial charge is 0.326 e. The van der Waals surface area contributed by atoms with Crippen LogP contribution in [-0.4, -0.2) is 55.6 Å². The molecular formula is C20H29N7O7. The van der Waals surface area contributed by atoms with Crippen LogP contribution >= 0.6 is 0 Å². The molecule has 0 aliphatic carbocycles. The van der Waals surface area contributed by atoms with E-state index in [2.05, 4.69) is 20.8 Å². The highest BCUT2D eigenvalue weighted by atomic mass is 16.5. The van der Waals surface area contributed by atoms with Gasteiger partial charge in [-0.1, -0.05) is 17.3 Å². The van der Waals surface area contributed by atoms with Gasteiger partial charge in [0.05, 0.1) is 6.04 Å². The minimum absolute atomic E-state index is 0.0108. The number of phenolic OH excluding ortho intramolecular Hbond substituents is 1. The summed E-state index contributed by atoms with van der Waals surface area (Å²) >= 11 is 0. The number of aromatic nitrogens is 2. The summed E-state index contributed by atoms with van der Waals surface area (Å²) in [5.41, 5.74) is 17.0. The van der Waals surface area contributed by atoms with E-state index in [0.29, 0.717) is 5.56 Å². The summed E-state index contributed by atoms with van der Waals surface area (Å²) < 4.78 is 5.18. The standard InChI is InChI=1S/C20H29N7O7/c21-12(5-7-15(22)29)17-26-18(34-27-17)13(6-8-16(23)30)24-20(33)25-14(19(31)32)9-10-1-3-11(28)4-2-10/h1-4,12-15,28-29H,5-9,21-22H2,(H2,23,30)(H,31,32)(H2,24,25,33)/t12-,13-,14-,15?/m0/s1. The molecule has 1 aromatic carbocycles. The van der Waals surface area contributed by atoms with E-state index < -0.39 is 42.3 Å². The van der Waals surface area contributed by atoms with E-state index in [9.17, 15) is 29.7 Å². The molecule has 0 aliphatic rings. The fourth-order valence-corrected chi connectivity index (χ4v) is 2.99. The van der Waals surface area contributed by atoms with Crippen LogP contribution in [0.15, 0.2) is 28.8 Å². The quantitative estimate of drug-likeness (QED) is 0.164. The monoisotopic (exact) mass is 479 g/mol. The lowest BCUT2D eigenvalue weighted by Gasteiger charge is -2.19. The van der Waals surface area contributed by atoms with Gasteiger partial charge in [-0.15, -0.1) is 0 Å². The Labute approximate surface area is 194 Å². The molecule has 2 aromatic rings. The zero-order valence-corrected chi connectivity index (χ0v) is 18.3. The van der Waals surface area contributed by atoms with E-state index >= 15 is 0 Å². The molecule has 3 amide bonds. The number of nitrogens with zero attached hydrogens (tertiary/aromatic N) is 2. The number of nitrogens with two attached hydrogens (primary N) is 3. The molecular weight excluding hydrogens is 450 g/mol. The molecule has 0 saturated heterocycles. The first-order valence-corrected chi connectivity index (χ1v) is 10.4. The van der Waals surface area contributed by atoms with Gasteiger partial charge in [0.1, 0.15) is 24.1 Å². The third kappa shape index (κ3) is 8.65. The van der Waals surface area contributed by atoms with Crippen LogP contribution in [-0.2, 0) is 16.0 Å². The fraction of sp³-hybridized carbons (Fsp3) is 0.450. The highest BCUT2D eigenvalue weighted by molar-refractivity contribution is 5.83. The van der Waals surface area contributed by atoms with E-state index in [0.717, 1.165) is 0 Å². The Morgan fingerprint density at radius 2 is 1.74 bits per heavy atom. The topological polar surface area (TPSA) is 253 Å². The summed E-state index contributed by atoms with van der Waals surface area (Å²) in [6, 6.07) is 2.10. The molecule has 34 heavy (non-hydrogen) atoms. The Morgan fingerprint density at radius 1 is 1.06 bits per heavy atom. The van der Waals surface area contributed by atoms with E-state index in [1.807, 2.05) is 0 Å². The molecule has 0 bridgehead atoms.